The highest BCUT2D eigenvalue weighted by molar-refractivity contribution is 5.12. The lowest BCUT2D eigenvalue weighted by Gasteiger charge is -2.18. The Morgan fingerprint density at radius 2 is 2.35 bits per heavy atom. The van der Waals surface area contributed by atoms with Crippen LogP contribution in [0, 0.1) is 0 Å². The highest BCUT2D eigenvalue weighted by Gasteiger charge is 2.24. The number of likely N-dealkylation sites (tertiary alicyclic amines) is 1. The van der Waals surface area contributed by atoms with Crippen molar-refractivity contribution < 1.29 is 4.57 Å². The van der Waals surface area contributed by atoms with E-state index in [0.29, 0.717) is 6.04 Å². The molecule has 2 heteroatoms. The highest BCUT2D eigenvalue weighted by Crippen LogP contribution is 2.29. The smallest absolute Gasteiger partial charge is 0.173 e. The van der Waals surface area contributed by atoms with E-state index in [-0.39, 0.29) is 0 Å². The minimum Gasteiger partial charge on any atom is -0.299 e. The normalized spacial score (nSPS) is 20.5. The van der Waals surface area contributed by atoms with Crippen LogP contribution in [0.4, 0.5) is 0 Å². The molecule has 0 unspecified atom stereocenters. The number of nitrogens with zero attached hydrogens (tertiary/aromatic N) is 2. The summed E-state index contributed by atoms with van der Waals surface area (Å²) in [4.78, 5) is 2.46. The Morgan fingerprint density at radius 3 is 3.00 bits per heavy atom. The van der Waals surface area contributed by atoms with E-state index < -0.39 is 0 Å². The van der Waals surface area contributed by atoms with Gasteiger partial charge in [-0.3, -0.25) is 4.90 Å². The highest BCUT2D eigenvalue weighted by atomic mass is 15.1. The van der Waals surface area contributed by atoms with Crippen LogP contribution in [0.3, 0.4) is 0 Å². The fraction of sp³-hybridized carbons (Fsp3) is 0.533. The molecule has 1 aromatic heterocycles. The summed E-state index contributed by atoms with van der Waals surface area (Å²) in [6.45, 7) is 6.50. The van der Waals surface area contributed by atoms with Gasteiger partial charge in [-0.2, -0.15) is 0 Å². The van der Waals surface area contributed by atoms with Gasteiger partial charge in [-0.25, -0.2) is 4.57 Å². The predicted molar refractivity (Wildman–Crippen MR) is 70.7 cm³/mol. The number of rotatable bonds is 3. The molecule has 2 rings (SSSR count). The van der Waals surface area contributed by atoms with Crippen LogP contribution in [0.15, 0.2) is 36.2 Å². The monoisotopic (exact) mass is 231 g/mol. The maximum Gasteiger partial charge on any atom is 0.173 e. The molecule has 1 aromatic rings. The van der Waals surface area contributed by atoms with Gasteiger partial charge in [-0.05, 0) is 52.4 Å². The molecule has 0 spiro atoms. The van der Waals surface area contributed by atoms with E-state index in [4.69, 9.17) is 0 Å². The standard InChI is InChI=1S/C15H23N2/c1-13(2)8-11-17-10-4-6-14(12-17)15-7-5-9-16(15)3/h4,6,8,10,12,15H,5,7,9,11H2,1-3H3/q+1/t15-/m0/s1. The van der Waals surface area contributed by atoms with Crippen LogP contribution in [0.1, 0.15) is 38.3 Å². The Balaban J connectivity index is 2.13. The number of allylic oxidation sites excluding steroid dienone is 2. The summed E-state index contributed by atoms with van der Waals surface area (Å²) in [5.74, 6) is 0. The quantitative estimate of drug-likeness (QED) is 0.573. The minimum atomic E-state index is 0.620. The maximum absolute atomic E-state index is 2.46. The van der Waals surface area contributed by atoms with Crippen LogP contribution in [0.25, 0.3) is 0 Å². The van der Waals surface area contributed by atoms with Gasteiger partial charge < -0.3 is 0 Å². The first kappa shape index (κ1) is 12.3. The van der Waals surface area contributed by atoms with E-state index >= 15 is 0 Å². The summed E-state index contributed by atoms with van der Waals surface area (Å²) >= 11 is 0. The van der Waals surface area contributed by atoms with Crippen LogP contribution in [0.2, 0.25) is 0 Å². The Bertz CT molecular complexity index is 405. The molecule has 0 aliphatic carbocycles. The maximum atomic E-state index is 2.46. The molecule has 1 fully saturated rings. The third-order valence-corrected chi connectivity index (χ3v) is 3.50. The van der Waals surface area contributed by atoms with Crippen molar-refractivity contribution in [1.29, 1.82) is 0 Å². The summed E-state index contributed by atoms with van der Waals surface area (Å²) in [6, 6.07) is 5.04. The number of pyridine rings is 1. The Morgan fingerprint density at radius 1 is 1.53 bits per heavy atom. The average Bonchev–Trinajstić information content (AvgIpc) is 2.73. The number of aromatic nitrogens is 1. The summed E-state index contributed by atoms with van der Waals surface area (Å²) < 4.78 is 2.27. The first-order valence-corrected chi connectivity index (χ1v) is 6.49. The van der Waals surface area contributed by atoms with E-state index in [9.17, 15) is 0 Å². The number of hydrogen-bond donors (Lipinski definition) is 0. The molecule has 92 valence electrons. The molecule has 0 aromatic carbocycles. The van der Waals surface area contributed by atoms with E-state index in [0.717, 1.165) is 6.54 Å². The predicted octanol–water partition coefficient (Wildman–Crippen LogP) is 2.71. The van der Waals surface area contributed by atoms with Crippen LogP contribution < -0.4 is 4.57 Å². The summed E-state index contributed by atoms with van der Waals surface area (Å²) in [7, 11) is 2.23. The molecule has 1 atom stereocenters. The Hall–Kier alpha value is -1.15. The van der Waals surface area contributed by atoms with Crippen molar-refractivity contribution in [3.05, 3.63) is 41.7 Å². The van der Waals surface area contributed by atoms with Gasteiger partial charge in [-0.1, -0.05) is 5.57 Å². The molecule has 2 heterocycles. The fourth-order valence-corrected chi connectivity index (χ4v) is 2.47. The molecular weight excluding hydrogens is 208 g/mol. The lowest BCUT2D eigenvalue weighted by atomic mass is 10.1. The molecular formula is C15H23N2+. The van der Waals surface area contributed by atoms with Gasteiger partial charge in [0.15, 0.2) is 18.9 Å². The third-order valence-electron chi connectivity index (χ3n) is 3.50. The van der Waals surface area contributed by atoms with Gasteiger partial charge in [0, 0.05) is 17.7 Å². The molecule has 0 amide bonds. The van der Waals surface area contributed by atoms with Crippen LogP contribution in [-0.4, -0.2) is 18.5 Å². The minimum absolute atomic E-state index is 0.620. The van der Waals surface area contributed by atoms with Gasteiger partial charge in [0.2, 0.25) is 0 Å². The van der Waals surface area contributed by atoms with Crippen molar-refractivity contribution in [1.82, 2.24) is 4.90 Å². The van der Waals surface area contributed by atoms with Crippen molar-refractivity contribution in [2.75, 3.05) is 13.6 Å². The first-order chi connectivity index (χ1) is 8.16. The SMILES string of the molecule is CC(C)=CC[n+]1cccc([C@@H]2CCCN2C)c1. The second kappa shape index (κ2) is 5.46. The van der Waals surface area contributed by atoms with Crippen LogP contribution in [0.5, 0.6) is 0 Å². The molecule has 0 radical (unpaired) electrons. The first-order valence-electron chi connectivity index (χ1n) is 6.49. The van der Waals surface area contributed by atoms with Gasteiger partial charge >= 0.3 is 0 Å². The second-order valence-electron chi connectivity index (χ2n) is 5.25. The zero-order valence-corrected chi connectivity index (χ0v) is 11.2. The van der Waals surface area contributed by atoms with Crippen LogP contribution >= 0.6 is 0 Å². The van der Waals surface area contributed by atoms with E-state index in [1.54, 1.807) is 0 Å². The summed E-state index contributed by atoms with van der Waals surface area (Å²) in [6.07, 6.45) is 9.33. The molecule has 17 heavy (non-hydrogen) atoms. The van der Waals surface area contributed by atoms with Gasteiger partial charge in [-0.15, -0.1) is 0 Å². The molecule has 0 N–H and O–H groups in total. The lowest BCUT2D eigenvalue weighted by molar-refractivity contribution is -0.687. The molecule has 0 bridgehead atoms. The molecule has 2 nitrogen and oxygen atoms in total. The van der Waals surface area contributed by atoms with E-state index in [2.05, 4.69) is 61.0 Å². The molecule has 1 aliphatic rings. The molecule has 0 saturated carbocycles. The Labute approximate surface area is 105 Å². The van der Waals surface area contributed by atoms with Crippen molar-refractivity contribution in [2.24, 2.45) is 0 Å². The topological polar surface area (TPSA) is 7.12 Å². The Kier molecular flexibility index (Phi) is 3.95. The fourth-order valence-electron chi connectivity index (χ4n) is 2.47. The van der Waals surface area contributed by atoms with Crippen molar-refractivity contribution >= 4 is 0 Å². The molecule has 1 aliphatic heterocycles. The lowest BCUT2D eigenvalue weighted by Crippen LogP contribution is -2.33. The zero-order valence-electron chi connectivity index (χ0n) is 11.2. The summed E-state index contributed by atoms with van der Waals surface area (Å²) in [5.41, 5.74) is 2.83. The van der Waals surface area contributed by atoms with Gasteiger partial charge in [0.1, 0.15) is 0 Å². The third kappa shape index (κ3) is 3.16. The van der Waals surface area contributed by atoms with Crippen LogP contribution in [-0.2, 0) is 6.54 Å². The van der Waals surface area contributed by atoms with Gasteiger partial charge in [0.05, 0.1) is 0 Å². The van der Waals surface area contributed by atoms with E-state index in [1.807, 2.05) is 0 Å². The van der Waals surface area contributed by atoms with Crippen molar-refractivity contribution in [3.8, 4) is 0 Å². The van der Waals surface area contributed by atoms with Gasteiger partial charge in [0.25, 0.3) is 0 Å². The zero-order chi connectivity index (χ0) is 12.3. The van der Waals surface area contributed by atoms with E-state index in [1.165, 1.54) is 30.5 Å². The second-order valence-corrected chi connectivity index (χ2v) is 5.25. The molecule has 1 saturated heterocycles. The summed E-state index contributed by atoms with van der Waals surface area (Å²) in [5, 5.41) is 0. The average molecular weight is 231 g/mol. The number of hydrogen-bond acceptors (Lipinski definition) is 1. The largest absolute Gasteiger partial charge is 0.299 e. The van der Waals surface area contributed by atoms with Crippen molar-refractivity contribution in [2.45, 2.75) is 39.3 Å². The van der Waals surface area contributed by atoms with Crippen molar-refractivity contribution in [3.63, 3.8) is 0 Å².